The maximum absolute atomic E-state index is 10.8. The van der Waals surface area contributed by atoms with E-state index < -0.39 is 17.6 Å². The minimum atomic E-state index is -1.41. The number of nitrogens with two attached hydrogens (primary N) is 1. The summed E-state index contributed by atoms with van der Waals surface area (Å²) in [6.07, 6.45) is 0.570. The molecule has 3 atom stereocenters. The average Bonchev–Trinajstić information content (AvgIpc) is 2.59. The summed E-state index contributed by atoms with van der Waals surface area (Å²) in [6, 6.07) is 0. The van der Waals surface area contributed by atoms with Crippen LogP contribution in [0.1, 0.15) is 19.8 Å². The van der Waals surface area contributed by atoms with Gasteiger partial charge in [-0.2, -0.15) is 0 Å². The van der Waals surface area contributed by atoms with Crippen molar-refractivity contribution >= 4 is 5.91 Å². The zero-order chi connectivity index (χ0) is 9.35. The van der Waals surface area contributed by atoms with Crippen LogP contribution < -0.4 is 5.73 Å². The van der Waals surface area contributed by atoms with Crippen molar-refractivity contribution < 1.29 is 9.90 Å². The van der Waals surface area contributed by atoms with Crippen molar-refractivity contribution in [1.82, 2.24) is 0 Å². The lowest BCUT2D eigenvalue weighted by molar-refractivity contribution is -0.120. The second-order valence-electron chi connectivity index (χ2n) is 3.13. The Kier molecular flexibility index (Phi) is 2.02. The summed E-state index contributed by atoms with van der Waals surface area (Å²) in [5, 5.41) is 17.8. The maximum atomic E-state index is 10.8. The van der Waals surface area contributed by atoms with Crippen molar-refractivity contribution in [3.63, 3.8) is 0 Å². The van der Waals surface area contributed by atoms with Gasteiger partial charge in [-0.15, -0.1) is 0 Å². The molecule has 3 N–H and O–H groups in total. The maximum Gasteiger partial charge on any atom is 0.429 e. The highest BCUT2D eigenvalue weighted by atomic mass is 16.3. The van der Waals surface area contributed by atoms with Crippen LogP contribution in [0.5, 0.6) is 0 Å². The van der Waals surface area contributed by atoms with Gasteiger partial charge in [-0.3, -0.25) is 4.79 Å². The number of aliphatic hydroxyl groups is 1. The summed E-state index contributed by atoms with van der Waals surface area (Å²) in [5.74, 6) is -1.05. The molecule has 1 amide bonds. The lowest BCUT2D eigenvalue weighted by Gasteiger charge is -1.88. The second kappa shape index (κ2) is 2.72. The molecule has 3 unspecified atom stereocenters. The fourth-order valence-corrected chi connectivity index (χ4v) is 1.62. The molecule has 1 aliphatic carbocycles. The summed E-state index contributed by atoms with van der Waals surface area (Å²) >= 11 is 0. The summed E-state index contributed by atoms with van der Waals surface area (Å²) in [7, 11) is 0. The van der Waals surface area contributed by atoms with Crippen LogP contribution in [-0.2, 0) is 4.79 Å². The molecule has 0 radical (unpaired) electrons. The molecule has 0 aromatic rings. The van der Waals surface area contributed by atoms with Crippen LogP contribution >= 0.6 is 0 Å². The Morgan fingerprint density at radius 3 is 2.67 bits per heavy atom. The molecule has 1 saturated carbocycles. The van der Waals surface area contributed by atoms with Gasteiger partial charge in [0.15, 0.2) is 6.10 Å². The first-order chi connectivity index (χ1) is 5.61. The van der Waals surface area contributed by atoms with E-state index in [1.807, 2.05) is 6.92 Å². The van der Waals surface area contributed by atoms with E-state index >= 15 is 0 Å². The topological polar surface area (TPSA) is 91.5 Å². The Morgan fingerprint density at radius 2 is 2.42 bits per heavy atom. The normalized spacial score (nSPS) is 38.8. The lowest BCUT2D eigenvalue weighted by atomic mass is 10.1. The summed E-state index contributed by atoms with van der Waals surface area (Å²) in [4.78, 5) is 13.7. The predicted molar refractivity (Wildman–Crippen MR) is 41.4 cm³/mol. The second-order valence-corrected chi connectivity index (χ2v) is 3.13. The van der Waals surface area contributed by atoms with Crippen LogP contribution in [0.25, 0.3) is 4.98 Å². The minimum absolute atomic E-state index is 0.301. The third-order valence-electron chi connectivity index (χ3n) is 2.45. The van der Waals surface area contributed by atoms with Crippen LogP contribution in [-0.4, -0.2) is 22.7 Å². The molecule has 0 bridgehead atoms. The molecule has 0 saturated heterocycles. The first-order valence-corrected chi connectivity index (χ1v) is 3.95. The van der Waals surface area contributed by atoms with Gasteiger partial charge in [0.1, 0.15) is 4.98 Å². The highest BCUT2D eigenvalue weighted by Crippen LogP contribution is 2.49. The van der Waals surface area contributed by atoms with E-state index in [4.69, 9.17) is 11.1 Å². The van der Waals surface area contributed by atoms with E-state index in [0.29, 0.717) is 6.42 Å². The molecule has 0 aliphatic heterocycles. The van der Waals surface area contributed by atoms with Gasteiger partial charge in [0, 0.05) is 0 Å². The van der Waals surface area contributed by atoms with Gasteiger partial charge in [0.25, 0.3) is 0 Å². The highest BCUT2D eigenvalue weighted by Gasteiger charge is 2.82. The van der Waals surface area contributed by atoms with Crippen LogP contribution in [0.2, 0.25) is 0 Å². The number of hydrogen-bond donors (Lipinski definition) is 2. The van der Waals surface area contributed by atoms with Gasteiger partial charge in [-0.25, -0.2) is 0 Å². The number of hydrogen-bond acceptors (Lipinski definition) is 3. The van der Waals surface area contributed by atoms with Crippen molar-refractivity contribution in [1.29, 1.82) is 5.39 Å². The number of aliphatic hydroxyl groups excluding tert-OH is 1. The van der Waals surface area contributed by atoms with Gasteiger partial charge in [0.2, 0.25) is 5.39 Å². The van der Waals surface area contributed by atoms with Crippen molar-refractivity contribution in [3.8, 4) is 0 Å². The number of carbonyl (C=O) groups excluding carboxylic acids is 1. The predicted octanol–water partition coefficient (Wildman–Crippen LogP) is -0.146. The summed E-state index contributed by atoms with van der Waals surface area (Å²) < 4.78 is 0. The van der Waals surface area contributed by atoms with E-state index in [9.17, 15) is 9.90 Å². The standard InChI is InChI=1S/C7H11N3O2/c1-2-3-4-5(11)7(4,10-9)6(8)12/h4-5,11H,2-3H2,1H3,(H-,8,12)/p+1. The molecule has 0 heterocycles. The first-order valence-electron chi connectivity index (χ1n) is 3.95. The van der Waals surface area contributed by atoms with Crippen molar-refractivity contribution in [2.45, 2.75) is 31.4 Å². The number of diazo groups is 1. The molecule has 66 valence electrons. The Hall–Kier alpha value is -1.15. The SMILES string of the molecule is CCCC1C(O)C1([N+]#N)C(N)=O. The fraction of sp³-hybridized carbons (Fsp3) is 0.857. The largest absolute Gasteiger partial charge is 0.429 e. The summed E-state index contributed by atoms with van der Waals surface area (Å²) in [6.45, 7) is 1.92. The molecule has 1 aliphatic rings. The molecule has 0 spiro atoms. The molecule has 12 heavy (non-hydrogen) atoms. The third kappa shape index (κ3) is 0.883. The van der Waals surface area contributed by atoms with Crippen LogP contribution in [0.3, 0.4) is 0 Å². The number of rotatable bonds is 3. The van der Waals surface area contributed by atoms with Crippen molar-refractivity contribution in [2.75, 3.05) is 0 Å². The highest BCUT2D eigenvalue weighted by molar-refractivity contribution is 5.92. The Bertz CT molecular complexity index is 248. The molecule has 1 fully saturated rings. The molecule has 1 rings (SSSR count). The monoisotopic (exact) mass is 170 g/mol. The number of carbonyl (C=O) groups is 1. The molecular weight excluding hydrogens is 158 g/mol. The molecule has 5 nitrogen and oxygen atoms in total. The molecule has 0 aromatic heterocycles. The number of primary amides is 1. The Labute approximate surface area is 70.2 Å². The van der Waals surface area contributed by atoms with E-state index in [2.05, 4.69) is 4.98 Å². The van der Waals surface area contributed by atoms with Gasteiger partial charge >= 0.3 is 11.4 Å². The van der Waals surface area contributed by atoms with E-state index in [0.717, 1.165) is 6.42 Å². The lowest BCUT2D eigenvalue weighted by Crippen LogP contribution is -2.32. The van der Waals surface area contributed by atoms with Crippen molar-refractivity contribution in [3.05, 3.63) is 4.98 Å². The van der Waals surface area contributed by atoms with Gasteiger partial charge in [-0.1, -0.05) is 13.3 Å². The van der Waals surface area contributed by atoms with E-state index in [1.165, 1.54) is 0 Å². The van der Waals surface area contributed by atoms with Gasteiger partial charge in [-0.05, 0) is 6.42 Å². The number of nitrogens with zero attached hydrogens (tertiary/aromatic N) is 2. The first kappa shape index (κ1) is 8.94. The zero-order valence-electron chi connectivity index (χ0n) is 6.90. The smallest absolute Gasteiger partial charge is 0.383 e. The van der Waals surface area contributed by atoms with Gasteiger partial charge in [0.05, 0.1) is 5.92 Å². The zero-order valence-corrected chi connectivity index (χ0v) is 6.90. The third-order valence-corrected chi connectivity index (χ3v) is 2.45. The van der Waals surface area contributed by atoms with Crippen LogP contribution in [0.4, 0.5) is 0 Å². The minimum Gasteiger partial charge on any atom is -0.383 e. The Morgan fingerprint density at radius 1 is 1.83 bits per heavy atom. The van der Waals surface area contributed by atoms with Gasteiger partial charge < -0.3 is 10.8 Å². The molecule has 0 aromatic carbocycles. The fourth-order valence-electron chi connectivity index (χ4n) is 1.62. The average molecular weight is 170 g/mol. The van der Waals surface area contributed by atoms with E-state index in [-0.39, 0.29) is 5.92 Å². The van der Waals surface area contributed by atoms with Crippen LogP contribution in [0, 0.1) is 11.3 Å². The van der Waals surface area contributed by atoms with Crippen LogP contribution in [0.15, 0.2) is 0 Å². The number of amides is 1. The Balaban J connectivity index is 2.75. The summed E-state index contributed by atoms with van der Waals surface area (Å²) in [5.41, 5.74) is 3.59. The van der Waals surface area contributed by atoms with E-state index in [1.54, 1.807) is 0 Å². The quantitative estimate of drug-likeness (QED) is 0.577. The molecule has 5 heteroatoms. The molecular formula is C7H12N3O2+. The van der Waals surface area contributed by atoms with Crippen molar-refractivity contribution in [2.24, 2.45) is 11.7 Å².